The van der Waals surface area contributed by atoms with Gasteiger partial charge in [0, 0.05) is 17.3 Å². The van der Waals surface area contributed by atoms with Gasteiger partial charge in [-0.2, -0.15) is 0 Å². The molecule has 138 valence electrons. The zero-order valence-corrected chi connectivity index (χ0v) is 15.8. The lowest BCUT2D eigenvalue weighted by Crippen LogP contribution is -2.45. The number of benzene rings is 2. The van der Waals surface area contributed by atoms with Crippen LogP contribution >= 0.6 is 11.6 Å². The summed E-state index contributed by atoms with van der Waals surface area (Å²) in [6, 6.07) is 11.6. The van der Waals surface area contributed by atoms with Crippen LogP contribution in [0, 0.1) is 18.2 Å². The van der Waals surface area contributed by atoms with Crippen molar-refractivity contribution in [3.05, 3.63) is 64.4 Å². The molecule has 0 aliphatic carbocycles. The average Bonchev–Trinajstić information content (AvgIpc) is 2.59. The van der Waals surface area contributed by atoms with Crippen LogP contribution in [0.5, 0.6) is 0 Å². The fourth-order valence-corrected chi connectivity index (χ4v) is 2.52. The number of halogens is 2. The Kier molecular flexibility index (Phi) is 6.37. The van der Waals surface area contributed by atoms with Gasteiger partial charge in [0.15, 0.2) is 0 Å². The van der Waals surface area contributed by atoms with Gasteiger partial charge in [0.2, 0.25) is 11.8 Å². The summed E-state index contributed by atoms with van der Waals surface area (Å²) in [7, 11) is 0. The molecule has 2 amide bonds. The number of rotatable bonds is 6. The van der Waals surface area contributed by atoms with Gasteiger partial charge < -0.3 is 10.6 Å². The van der Waals surface area contributed by atoms with E-state index in [4.69, 9.17) is 11.6 Å². The molecule has 0 radical (unpaired) electrons. The van der Waals surface area contributed by atoms with Crippen LogP contribution < -0.4 is 10.6 Å². The van der Waals surface area contributed by atoms with E-state index in [9.17, 15) is 14.0 Å². The summed E-state index contributed by atoms with van der Waals surface area (Å²) < 4.78 is 13.6. The minimum absolute atomic E-state index is 0.243. The summed E-state index contributed by atoms with van der Waals surface area (Å²) in [6.45, 7) is 5.17. The molecule has 2 rings (SSSR count). The van der Waals surface area contributed by atoms with Crippen LogP contribution in [-0.2, 0) is 16.0 Å². The average molecular weight is 377 g/mol. The Labute approximate surface area is 157 Å². The van der Waals surface area contributed by atoms with Crippen LogP contribution in [0.1, 0.15) is 25.0 Å². The van der Waals surface area contributed by atoms with Crippen molar-refractivity contribution in [1.82, 2.24) is 5.32 Å². The summed E-state index contributed by atoms with van der Waals surface area (Å²) in [6.07, 6.45) is 0.351. The molecule has 0 heterocycles. The third-order valence-electron chi connectivity index (χ3n) is 4.22. The Hall–Kier alpha value is -2.40. The Morgan fingerprint density at radius 2 is 1.81 bits per heavy atom. The second kappa shape index (κ2) is 8.32. The van der Waals surface area contributed by atoms with Gasteiger partial charge in [-0.15, -0.1) is 0 Å². The molecule has 0 aliphatic rings. The molecule has 2 aromatic carbocycles. The quantitative estimate of drug-likeness (QED) is 0.745. The molecular formula is C20H22ClFN2O2. The van der Waals surface area contributed by atoms with Crippen molar-refractivity contribution in [2.45, 2.75) is 27.2 Å². The van der Waals surface area contributed by atoms with E-state index in [2.05, 4.69) is 10.6 Å². The van der Waals surface area contributed by atoms with Gasteiger partial charge in [-0.3, -0.25) is 9.59 Å². The van der Waals surface area contributed by atoms with E-state index >= 15 is 0 Å². The second-order valence-corrected chi connectivity index (χ2v) is 7.07. The van der Waals surface area contributed by atoms with E-state index in [1.54, 1.807) is 50.2 Å². The van der Waals surface area contributed by atoms with Crippen molar-refractivity contribution < 1.29 is 14.0 Å². The van der Waals surface area contributed by atoms with Crippen molar-refractivity contribution in [2.24, 2.45) is 5.41 Å². The number of amides is 2. The minimum Gasteiger partial charge on any atom is -0.355 e. The second-order valence-electron chi connectivity index (χ2n) is 6.64. The molecule has 26 heavy (non-hydrogen) atoms. The molecule has 0 bridgehead atoms. The van der Waals surface area contributed by atoms with E-state index in [1.165, 1.54) is 6.07 Å². The highest BCUT2D eigenvalue weighted by molar-refractivity contribution is 6.31. The lowest BCUT2D eigenvalue weighted by molar-refractivity contribution is -0.138. The topological polar surface area (TPSA) is 58.2 Å². The summed E-state index contributed by atoms with van der Waals surface area (Å²) in [5.74, 6) is -1.17. The number of carbonyl (C=O) groups is 2. The van der Waals surface area contributed by atoms with Crippen LogP contribution in [0.25, 0.3) is 0 Å². The highest BCUT2D eigenvalue weighted by atomic mass is 35.5. The summed E-state index contributed by atoms with van der Waals surface area (Å²) in [5.41, 5.74) is 0.641. The molecule has 6 heteroatoms. The molecule has 0 aliphatic heterocycles. The van der Waals surface area contributed by atoms with E-state index in [0.717, 1.165) is 5.56 Å². The maximum absolute atomic E-state index is 13.6. The van der Waals surface area contributed by atoms with Crippen molar-refractivity contribution in [2.75, 3.05) is 11.9 Å². The first-order valence-corrected chi connectivity index (χ1v) is 8.69. The van der Waals surface area contributed by atoms with Gasteiger partial charge in [0.05, 0.1) is 0 Å². The van der Waals surface area contributed by atoms with Crippen molar-refractivity contribution in [3.63, 3.8) is 0 Å². The fraction of sp³-hybridized carbons (Fsp3) is 0.300. The summed E-state index contributed by atoms with van der Waals surface area (Å²) in [4.78, 5) is 25.0. The van der Waals surface area contributed by atoms with E-state index in [0.29, 0.717) is 22.7 Å². The number of hydrogen-bond donors (Lipinski definition) is 2. The SMILES string of the molecule is Cc1ccc(Cl)cc1NC(=O)C(C)(C)C(=O)NCCc1ccccc1F. The van der Waals surface area contributed by atoms with Gasteiger partial charge in [-0.05, 0) is 56.5 Å². The Morgan fingerprint density at radius 3 is 2.50 bits per heavy atom. The monoisotopic (exact) mass is 376 g/mol. The molecule has 0 saturated heterocycles. The maximum atomic E-state index is 13.6. The normalized spacial score (nSPS) is 11.1. The van der Waals surface area contributed by atoms with E-state index in [-0.39, 0.29) is 12.4 Å². The molecule has 0 spiro atoms. The van der Waals surface area contributed by atoms with E-state index in [1.807, 2.05) is 6.92 Å². The standard InChI is InChI=1S/C20H22ClFN2O2/c1-13-8-9-15(21)12-17(13)24-19(26)20(2,3)18(25)23-11-10-14-6-4-5-7-16(14)22/h4-9,12H,10-11H2,1-3H3,(H,23,25)(H,24,26). The fourth-order valence-electron chi connectivity index (χ4n) is 2.34. The molecule has 2 N–H and O–H groups in total. The van der Waals surface area contributed by atoms with Crippen LogP contribution in [0.4, 0.5) is 10.1 Å². The van der Waals surface area contributed by atoms with Crippen molar-refractivity contribution in [3.8, 4) is 0 Å². The Morgan fingerprint density at radius 1 is 1.12 bits per heavy atom. The third kappa shape index (κ3) is 4.82. The predicted molar refractivity (Wildman–Crippen MR) is 102 cm³/mol. The van der Waals surface area contributed by atoms with Gasteiger partial charge in [0.25, 0.3) is 0 Å². The molecular weight excluding hydrogens is 355 g/mol. The zero-order chi connectivity index (χ0) is 19.3. The van der Waals surface area contributed by atoms with Gasteiger partial charge in [0.1, 0.15) is 11.2 Å². The van der Waals surface area contributed by atoms with E-state index < -0.39 is 17.2 Å². The highest BCUT2D eigenvalue weighted by Gasteiger charge is 2.36. The number of hydrogen-bond acceptors (Lipinski definition) is 2. The summed E-state index contributed by atoms with van der Waals surface area (Å²) in [5, 5.41) is 5.94. The third-order valence-corrected chi connectivity index (χ3v) is 4.46. The number of nitrogens with one attached hydrogen (secondary N) is 2. The Bertz CT molecular complexity index is 821. The van der Waals surface area contributed by atoms with Crippen LogP contribution in [-0.4, -0.2) is 18.4 Å². The largest absolute Gasteiger partial charge is 0.355 e. The summed E-state index contributed by atoms with van der Waals surface area (Å²) >= 11 is 5.96. The number of aryl methyl sites for hydroxylation is 1. The highest BCUT2D eigenvalue weighted by Crippen LogP contribution is 2.24. The minimum atomic E-state index is -1.29. The first-order chi connectivity index (χ1) is 12.2. The zero-order valence-electron chi connectivity index (χ0n) is 15.0. The molecule has 0 aromatic heterocycles. The van der Waals surface area contributed by atoms with Gasteiger partial charge in [-0.25, -0.2) is 4.39 Å². The van der Waals surface area contributed by atoms with Crippen molar-refractivity contribution in [1.29, 1.82) is 0 Å². The number of anilines is 1. The predicted octanol–water partition coefficient (Wildman–Crippen LogP) is 4.11. The lowest BCUT2D eigenvalue weighted by Gasteiger charge is -2.23. The van der Waals surface area contributed by atoms with Crippen molar-refractivity contribution >= 4 is 29.1 Å². The smallest absolute Gasteiger partial charge is 0.239 e. The van der Waals surface area contributed by atoms with Gasteiger partial charge in [-0.1, -0.05) is 35.9 Å². The molecule has 0 atom stereocenters. The molecule has 0 unspecified atom stereocenters. The van der Waals surface area contributed by atoms with Crippen LogP contribution in [0.2, 0.25) is 5.02 Å². The first kappa shape index (κ1) is 19.9. The van der Waals surface area contributed by atoms with Crippen LogP contribution in [0.3, 0.4) is 0 Å². The molecule has 0 fully saturated rings. The van der Waals surface area contributed by atoms with Gasteiger partial charge >= 0.3 is 0 Å². The molecule has 0 saturated carbocycles. The Balaban J connectivity index is 1.97. The molecule has 4 nitrogen and oxygen atoms in total. The lowest BCUT2D eigenvalue weighted by atomic mass is 9.90. The maximum Gasteiger partial charge on any atom is 0.239 e. The van der Waals surface area contributed by atoms with Crippen LogP contribution in [0.15, 0.2) is 42.5 Å². The molecule has 2 aromatic rings. The first-order valence-electron chi connectivity index (χ1n) is 8.31. The number of carbonyl (C=O) groups excluding carboxylic acids is 2.